The Kier molecular flexibility index (Phi) is 2.38. The molecule has 0 saturated carbocycles. The van der Waals surface area contributed by atoms with Crippen LogP contribution in [0.3, 0.4) is 0 Å². The van der Waals surface area contributed by atoms with Crippen LogP contribution in [-0.4, -0.2) is 8.42 Å². The van der Waals surface area contributed by atoms with E-state index in [1.165, 1.54) is 12.1 Å². The number of sulfonamides is 1. The van der Waals surface area contributed by atoms with E-state index in [0.717, 1.165) is 10.8 Å². The van der Waals surface area contributed by atoms with Crippen molar-refractivity contribution in [2.45, 2.75) is 9.79 Å². The van der Waals surface area contributed by atoms with Gasteiger partial charge >= 0.3 is 0 Å². The van der Waals surface area contributed by atoms with Crippen LogP contribution < -0.4 is 5.14 Å². The van der Waals surface area contributed by atoms with Gasteiger partial charge in [-0.2, -0.15) is 0 Å². The molecule has 1 radical (unpaired) electrons. The Morgan fingerprint density at radius 1 is 1.00 bits per heavy atom. The molecule has 0 spiro atoms. The molecule has 0 aliphatic carbocycles. The standard InChI is InChI=1S/C10H8NO2S2/c11-15(12,13)10-4-2-7-1-3-9(14)5-8(7)6-10/h1-6H,(H2,11,12,13). The monoisotopic (exact) mass is 238 g/mol. The maximum Gasteiger partial charge on any atom is 0.238 e. The highest BCUT2D eigenvalue weighted by Gasteiger charge is 2.07. The van der Waals surface area contributed by atoms with Crippen LogP contribution in [0.5, 0.6) is 0 Å². The molecular formula is C10H8NO2S2. The van der Waals surface area contributed by atoms with E-state index in [1.807, 2.05) is 6.07 Å². The molecule has 15 heavy (non-hydrogen) atoms. The summed E-state index contributed by atoms with van der Waals surface area (Å²) in [6.07, 6.45) is 0. The molecule has 0 bridgehead atoms. The first kappa shape index (κ1) is 10.4. The number of nitrogens with two attached hydrogens (primary N) is 1. The van der Waals surface area contributed by atoms with Gasteiger partial charge in [-0.25, -0.2) is 13.6 Å². The van der Waals surface area contributed by atoms with Crippen molar-refractivity contribution in [3.63, 3.8) is 0 Å². The predicted octanol–water partition coefficient (Wildman–Crippen LogP) is 2.04. The molecule has 77 valence electrons. The number of hydrogen-bond acceptors (Lipinski definition) is 2. The summed E-state index contributed by atoms with van der Waals surface area (Å²) in [7, 11) is -3.64. The molecule has 0 aliphatic heterocycles. The molecule has 0 aromatic heterocycles. The summed E-state index contributed by atoms with van der Waals surface area (Å²) in [5.74, 6) is 0. The van der Waals surface area contributed by atoms with E-state index in [0.29, 0.717) is 4.90 Å². The Hall–Kier alpha value is -1.17. The Labute approximate surface area is 93.4 Å². The molecule has 0 unspecified atom stereocenters. The van der Waals surface area contributed by atoms with E-state index in [4.69, 9.17) is 17.8 Å². The molecule has 2 aromatic carbocycles. The molecular weight excluding hydrogens is 230 g/mol. The average Bonchev–Trinajstić information content (AvgIpc) is 2.15. The van der Waals surface area contributed by atoms with Crippen LogP contribution in [0.4, 0.5) is 0 Å². The zero-order valence-electron chi connectivity index (χ0n) is 7.67. The van der Waals surface area contributed by atoms with Crippen molar-refractivity contribution in [3.05, 3.63) is 36.4 Å². The van der Waals surface area contributed by atoms with Gasteiger partial charge in [0.1, 0.15) is 0 Å². The topological polar surface area (TPSA) is 60.2 Å². The number of hydrogen-bond donors (Lipinski definition) is 1. The van der Waals surface area contributed by atoms with Crippen molar-refractivity contribution in [1.82, 2.24) is 0 Å². The van der Waals surface area contributed by atoms with Gasteiger partial charge in [-0.05, 0) is 35.0 Å². The second kappa shape index (κ2) is 3.44. The lowest BCUT2D eigenvalue weighted by molar-refractivity contribution is 0.598. The number of primary sulfonamides is 1. The largest absolute Gasteiger partial charge is 0.238 e. The highest BCUT2D eigenvalue weighted by Crippen LogP contribution is 2.21. The zero-order valence-corrected chi connectivity index (χ0v) is 9.31. The van der Waals surface area contributed by atoms with Crippen molar-refractivity contribution in [2.24, 2.45) is 5.14 Å². The molecule has 3 nitrogen and oxygen atoms in total. The second-order valence-electron chi connectivity index (χ2n) is 3.22. The minimum atomic E-state index is -3.64. The van der Waals surface area contributed by atoms with Gasteiger partial charge in [0.15, 0.2) is 0 Å². The van der Waals surface area contributed by atoms with Crippen LogP contribution in [-0.2, 0) is 10.0 Å². The summed E-state index contributed by atoms with van der Waals surface area (Å²) in [5, 5.41) is 6.76. The number of benzene rings is 2. The molecule has 0 fully saturated rings. The van der Waals surface area contributed by atoms with E-state index >= 15 is 0 Å². The van der Waals surface area contributed by atoms with Gasteiger partial charge < -0.3 is 0 Å². The van der Waals surface area contributed by atoms with Gasteiger partial charge in [0.2, 0.25) is 10.0 Å². The smallest absolute Gasteiger partial charge is 0.225 e. The Morgan fingerprint density at radius 2 is 1.67 bits per heavy atom. The van der Waals surface area contributed by atoms with Crippen LogP contribution in [0, 0.1) is 0 Å². The minimum absolute atomic E-state index is 0.107. The molecule has 2 rings (SSSR count). The van der Waals surface area contributed by atoms with Crippen molar-refractivity contribution < 1.29 is 8.42 Å². The van der Waals surface area contributed by atoms with Gasteiger partial charge in [-0.15, -0.1) is 0 Å². The van der Waals surface area contributed by atoms with E-state index in [9.17, 15) is 8.42 Å². The molecule has 5 heteroatoms. The van der Waals surface area contributed by atoms with Crippen LogP contribution in [0.25, 0.3) is 10.8 Å². The fourth-order valence-corrected chi connectivity index (χ4v) is 2.12. The Morgan fingerprint density at radius 3 is 2.33 bits per heavy atom. The van der Waals surface area contributed by atoms with Crippen LogP contribution in [0.1, 0.15) is 0 Å². The highest BCUT2D eigenvalue weighted by molar-refractivity contribution is 7.89. The lowest BCUT2D eigenvalue weighted by Crippen LogP contribution is -2.11. The van der Waals surface area contributed by atoms with E-state index in [1.54, 1.807) is 18.2 Å². The van der Waals surface area contributed by atoms with Gasteiger partial charge in [0, 0.05) is 4.90 Å². The minimum Gasteiger partial charge on any atom is -0.225 e. The maximum atomic E-state index is 11.1. The van der Waals surface area contributed by atoms with Gasteiger partial charge in [-0.1, -0.05) is 24.8 Å². The third-order valence-electron chi connectivity index (χ3n) is 2.11. The summed E-state index contributed by atoms with van der Waals surface area (Å²) in [6, 6.07) is 10.1. The summed E-state index contributed by atoms with van der Waals surface area (Å²) < 4.78 is 22.2. The first-order valence-electron chi connectivity index (χ1n) is 4.20. The van der Waals surface area contributed by atoms with E-state index in [2.05, 4.69) is 0 Å². The fourth-order valence-electron chi connectivity index (χ4n) is 1.38. The summed E-state index contributed by atoms with van der Waals surface area (Å²) in [5.41, 5.74) is 0. The predicted molar refractivity (Wildman–Crippen MR) is 61.2 cm³/mol. The first-order chi connectivity index (χ1) is 6.97. The lowest BCUT2D eigenvalue weighted by Gasteiger charge is -2.01. The quantitative estimate of drug-likeness (QED) is 0.826. The van der Waals surface area contributed by atoms with Crippen LogP contribution in [0.2, 0.25) is 0 Å². The second-order valence-corrected chi connectivity index (χ2v) is 5.25. The lowest BCUT2D eigenvalue weighted by atomic mass is 10.1. The third-order valence-corrected chi connectivity index (χ3v) is 3.28. The summed E-state index contributed by atoms with van der Waals surface area (Å²) in [6.45, 7) is 0. The van der Waals surface area contributed by atoms with E-state index in [-0.39, 0.29) is 4.90 Å². The molecule has 0 aliphatic rings. The number of rotatable bonds is 1. The molecule has 2 aromatic rings. The van der Waals surface area contributed by atoms with Gasteiger partial charge in [-0.3, -0.25) is 0 Å². The normalized spacial score (nSPS) is 11.8. The van der Waals surface area contributed by atoms with Crippen LogP contribution >= 0.6 is 12.6 Å². The van der Waals surface area contributed by atoms with E-state index < -0.39 is 10.0 Å². The Bertz CT molecular complexity index is 620. The van der Waals surface area contributed by atoms with Crippen molar-refractivity contribution >= 4 is 33.4 Å². The highest BCUT2D eigenvalue weighted by atomic mass is 32.2. The molecule has 0 heterocycles. The first-order valence-corrected chi connectivity index (χ1v) is 6.16. The van der Waals surface area contributed by atoms with Gasteiger partial charge in [0.25, 0.3) is 0 Å². The molecule has 0 amide bonds. The molecule has 0 atom stereocenters. The fraction of sp³-hybridized carbons (Fsp3) is 0. The van der Waals surface area contributed by atoms with Crippen molar-refractivity contribution in [3.8, 4) is 0 Å². The SMILES string of the molecule is NS(=O)(=O)c1ccc2ccc([S])cc2c1. The summed E-state index contributed by atoms with van der Waals surface area (Å²) >= 11 is 5.00. The molecule has 2 N–H and O–H groups in total. The molecule has 0 saturated heterocycles. The third kappa shape index (κ3) is 2.09. The summed E-state index contributed by atoms with van der Waals surface area (Å²) in [4.78, 5) is 0.782. The average molecular weight is 238 g/mol. The number of fused-ring (bicyclic) bond motifs is 1. The van der Waals surface area contributed by atoms with Gasteiger partial charge in [0.05, 0.1) is 4.90 Å². The van der Waals surface area contributed by atoms with Crippen LogP contribution in [0.15, 0.2) is 46.2 Å². The maximum absolute atomic E-state index is 11.1. The van der Waals surface area contributed by atoms with Crippen molar-refractivity contribution in [1.29, 1.82) is 0 Å². The Balaban J connectivity index is 2.75. The van der Waals surface area contributed by atoms with Crippen molar-refractivity contribution in [2.75, 3.05) is 0 Å². The zero-order chi connectivity index (χ0) is 11.1.